The summed E-state index contributed by atoms with van der Waals surface area (Å²) in [5, 5.41) is 9.19. The highest BCUT2D eigenvalue weighted by molar-refractivity contribution is 5.89. The predicted octanol–water partition coefficient (Wildman–Crippen LogP) is 4.11. The van der Waals surface area contributed by atoms with E-state index in [9.17, 15) is 9.90 Å². The normalized spacial score (nSPS) is 23.1. The van der Waals surface area contributed by atoms with Crippen molar-refractivity contribution in [3.05, 3.63) is 22.8 Å². The van der Waals surface area contributed by atoms with Crippen LogP contribution in [0.2, 0.25) is 0 Å². The van der Waals surface area contributed by atoms with Crippen molar-refractivity contribution in [3.8, 4) is 0 Å². The largest absolute Gasteiger partial charge is 0.478 e. The van der Waals surface area contributed by atoms with Gasteiger partial charge in [0, 0.05) is 5.92 Å². The van der Waals surface area contributed by atoms with Gasteiger partial charge < -0.3 is 5.11 Å². The molecule has 0 amide bonds. The maximum Gasteiger partial charge on any atom is 0.339 e. The second-order valence-electron chi connectivity index (χ2n) is 7.35. The van der Waals surface area contributed by atoms with Crippen molar-refractivity contribution in [2.45, 2.75) is 66.2 Å². The van der Waals surface area contributed by atoms with E-state index in [4.69, 9.17) is 0 Å². The Morgan fingerprint density at radius 2 is 1.52 bits per heavy atom. The van der Waals surface area contributed by atoms with Gasteiger partial charge in [0.05, 0.1) is 11.4 Å². The lowest BCUT2D eigenvalue weighted by Crippen LogP contribution is -2.26. The van der Waals surface area contributed by atoms with Gasteiger partial charge in [0.2, 0.25) is 0 Å². The summed E-state index contributed by atoms with van der Waals surface area (Å²) in [4.78, 5) is 20.2. The number of carboxylic acids is 1. The van der Waals surface area contributed by atoms with E-state index in [1.54, 1.807) is 13.8 Å². The van der Waals surface area contributed by atoms with Crippen LogP contribution in [0.25, 0.3) is 0 Å². The van der Waals surface area contributed by atoms with Gasteiger partial charge in [0.15, 0.2) is 0 Å². The molecule has 0 aliphatic heterocycles. The minimum absolute atomic E-state index is 0.252. The number of aryl methyl sites for hydroxylation is 2. The second-order valence-corrected chi connectivity index (χ2v) is 7.35. The maximum atomic E-state index is 11.2. The van der Waals surface area contributed by atoms with Gasteiger partial charge in [-0.3, -0.25) is 0 Å². The molecule has 1 saturated carbocycles. The molecule has 1 N–H and O–H groups in total. The zero-order chi connectivity index (χ0) is 15.8. The van der Waals surface area contributed by atoms with Crippen LogP contribution in [0.1, 0.15) is 79.9 Å². The van der Waals surface area contributed by atoms with E-state index in [0.29, 0.717) is 22.7 Å². The van der Waals surface area contributed by atoms with Crippen LogP contribution >= 0.6 is 0 Å². The van der Waals surface area contributed by atoms with Crippen molar-refractivity contribution in [2.75, 3.05) is 0 Å². The van der Waals surface area contributed by atoms with Crippen LogP contribution in [0.5, 0.6) is 0 Å². The fraction of sp³-hybridized carbons (Fsp3) is 0.706. The first-order chi connectivity index (χ1) is 9.70. The number of carbonyl (C=O) groups is 1. The van der Waals surface area contributed by atoms with Crippen molar-refractivity contribution < 1.29 is 9.90 Å². The fourth-order valence-electron chi connectivity index (χ4n) is 3.45. The van der Waals surface area contributed by atoms with E-state index in [0.717, 1.165) is 24.6 Å². The first-order valence-corrected chi connectivity index (χ1v) is 7.78. The minimum Gasteiger partial charge on any atom is -0.478 e. The molecule has 4 nitrogen and oxygen atoms in total. The van der Waals surface area contributed by atoms with Gasteiger partial charge in [-0.1, -0.05) is 20.8 Å². The first kappa shape index (κ1) is 15.9. The molecular formula is C17H26N2O2. The lowest BCUT2D eigenvalue weighted by atomic mass is 9.69. The Hall–Kier alpha value is -1.45. The number of aromatic nitrogens is 2. The Balaban J connectivity index is 2.16. The molecule has 0 unspecified atom stereocenters. The molecule has 0 spiro atoms. The van der Waals surface area contributed by atoms with Gasteiger partial charge in [-0.2, -0.15) is 0 Å². The third-order valence-electron chi connectivity index (χ3n) is 4.82. The SMILES string of the molecule is Cc1nc(C2CCC(C(C)(C)C)CC2)nc(C)c1C(=O)O. The summed E-state index contributed by atoms with van der Waals surface area (Å²) in [6.45, 7) is 10.5. The number of aromatic carboxylic acids is 1. The molecular weight excluding hydrogens is 264 g/mol. The average molecular weight is 290 g/mol. The van der Waals surface area contributed by atoms with Gasteiger partial charge in [-0.15, -0.1) is 0 Å². The van der Waals surface area contributed by atoms with Gasteiger partial charge in [0.25, 0.3) is 0 Å². The minimum atomic E-state index is -0.937. The summed E-state index contributed by atoms with van der Waals surface area (Å²) >= 11 is 0. The standard InChI is InChI=1S/C17H26N2O2/c1-10-14(16(20)21)11(2)19-15(18-10)12-6-8-13(9-7-12)17(3,4)5/h12-13H,6-9H2,1-5H3,(H,20,21). The highest BCUT2D eigenvalue weighted by atomic mass is 16.4. The molecule has 0 atom stereocenters. The van der Waals surface area contributed by atoms with Gasteiger partial charge in [0.1, 0.15) is 11.4 Å². The quantitative estimate of drug-likeness (QED) is 0.890. The van der Waals surface area contributed by atoms with E-state index in [1.807, 2.05) is 0 Å². The van der Waals surface area contributed by atoms with Crippen molar-refractivity contribution >= 4 is 5.97 Å². The Morgan fingerprint density at radius 1 is 1.05 bits per heavy atom. The van der Waals surface area contributed by atoms with E-state index in [-0.39, 0.29) is 5.56 Å². The van der Waals surface area contributed by atoms with E-state index in [1.165, 1.54) is 12.8 Å². The number of carboxylic acid groups (broad SMARTS) is 1. The van der Waals surface area contributed by atoms with Crippen molar-refractivity contribution in [1.82, 2.24) is 9.97 Å². The molecule has 116 valence electrons. The van der Waals surface area contributed by atoms with E-state index < -0.39 is 5.97 Å². The van der Waals surface area contributed by atoms with Crippen LogP contribution in [-0.4, -0.2) is 21.0 Å². The zero-order valence-electron chi connectivity index (χ0n) is 13.7. The van der Waals surface area contributed by atoms with Gasteiger partial charge >= 0.3 is 5.97 Å². The van der Waals surface area contributed by atoms with Crippen LogP contribution in [0.4, 0.5) is 0 Å². The lowest BCUT2D eigenvalue weighted by Gasteiger charge is -2.36. The molecule has 0 saturated heterocycles. The monoisotopic (exact) mass is 290 g/mol. The maximum absolute atomic E-state index is 11.2. The summed E-state index contributed by atoms with van der Waals surface area (Å²) in [6, 6.07) is 0. The number of nitrogens with zero attached hydrogens (tertiary/aromatic N) is 2. The molecule has 1 aromatic heterocycles. The molecule has 0 aromatic carbocycles. The predicted molar refractivity (Wildman–Crippen MR) is 82.6 cm³/mol. The Morgan fingerprint density at radius 3 is 1.90 bits per heavy atom. The molecule has 0 radical (unpaired) electrons. The van der Waals surface area contributed by atoms with Gasteiger partial charge in [-0.25, -0.2) is 14.8 Å². The molecule has 21 heavy (non-hydrogen) atoms. The number of rotatable bonds is 2. The fourth-order valence-corrected chi connectivity index (χ4v) is 3.45. The highest BCUT2D eigenvalue weighted by Crippen LogP contribution is 2.42. The van der Waals surface area contributed by atoms with Crippen molar-refractivity contribution in [3.63, 3.8) is 0 Å². The van der Waals surface area contributed by atoms with Crippen LogP contribution in [0.15, 0.2) is 0 Å². The molecule has 2 rings (SSSR count). The Labute approximate surface area is 127 Å². The molecule has 4 heteroatoms. The Bertz CT molecular complexity index is 515. The van der Waals surface area contributed by atoms with E-state index in [2.05, 4.69) is 30.7 Å². The zero-order valence-corrected chi connectivity index (χ0v) is 13.7. The highest BCUT2D eigenvalue weighted by Gasteiger charge is 2.31. The smallest absolute Gasteiger partial charge is 0.339 e. The molecule has 0 bridgehead atoms. The summed E-state index contributed by atoms with van der Waals surface area (Å²) in [7, 11) is 0. The van der Waals surface area contributed by atoms with Crippen LogP contribution in [-0.2, 0) is 0 Å². The molecule has 1 heterocycles. The van der Waals surface area contributed by atoms with Gasteiger partial charge in [-0.05, 0) is 50.9 Å². The third kappa shape index (κ3) is 3.42. The topological polar surface area (TPSA) is 63.1 Å². The number of hydrogen-bond acceptors (Lipinski definition) is 3. The number of hydrogen-bond donors (Lipinski definition) is 1. The second kappa shape index (κ2) is 5.74. The molecule has 1 fully saturated rings. The first-order valence-electron chi connectivity index (χ1n) is 7.78. The lowest BCUT2D eigenvalue weighted by molar-refractivity contribution is 0.0694. The van der Waals surface area contributed by atoms with Crippen molar-refractivity contribution in [2.24, 2.45) is 11.3 Å². The van der Waals surface area contributed by atoms with E-state index >= 15 is 0 Å². The van der Waals surface area contributed by atoms with Crippen LogP contribution in [0.3, 0.4) is 0 Å². The molecule has 1 aliphatic rings. The van der Waals surface area contributed by atoms with Crippen molar-refractivity contribution in [1.29, 1.82) is 0 Å². The van der Waals surface area contributed by atoms with Crippen LogP contribution < -0.4 is 0 Å². The Kier molecular flexibility index (Phi) is 4.35. The van der Waals surface area contributed by atoms with Crippen LogP contribution in [0, 0.1) is 25.2 Å². The molecule has 1 aliphatic carbocycles. The molecule has 1 aromatic rings. The summed E-state index contributed by atoms with van der Waals surface area (Å²) in [6.07, 6.45) is 4.62. The average Bonchev–Trinajstić information content (AvgIpc) is 2.36. The summed E-state index contributed by atoms with van der Waals surface area (Å²) in [5.41, 5.74) is 1.79. The summed E-state index contributed by atoms with van der Waals surface area (Å²) < 4.78 is 0. The summed E-state index contributed by atoms with van der Waals surface area (Å²) in [5.74, 6) is 1.04. The third-order valence-corrected chi connectivity index (χ3v) is 4.82.